The Morgan fingerprint density at radius 2 is 1.81 bits per heavy atom. The van der Waals surface area contributed by atoms with Gasteiger partial charge in [-0.2, -0.15) is 0 Å². The highest BCUT2D eigenvalue weighted by atomic mass is 15.3. The third kappa shape index (κ3) is 2.53. The fourth-order valence-corrected chi connectivity index (χ4v) is 2.14. The summed E-state index contributed by atoms with van der Waals surface area (Å²) in [6, 6.07) is 4.93. The average Bonchev–Trinajstić information content (AvgIpc) is 2.30. The lowest BCUT2D eigenvalue weighted by molar-refractivity contribution is 0.209. The molecule has 1 aromatic rings. The predicted octanol–water partition coefficient (Wildman–Crippen LogP) is 1.92. The first kappa shape index (κ1) is 11.4. The Bertz CT molecular complexity index is 324. The number of rotatable bonds is 2. The Kier molecular flexibility index (Phi) is 3.44. The van der Waals surface area contributed by atoms with Crippen LogP contribution in [0.15, 0.2) is 18.3 Å². The van der Waals surface area contributed by atoms with E-state index in [1.54, 1.807) is 0 Å². The smallest absolute Gasteiger partial charge is 0.0553 e. The van der Waals surface area contributed by atoms with E-state index in [0.717, 1.165) is 31.9 Å². The summed E-state index contributed by atoms with van der Waals surface area (Å²) >= 11 is 0. The first-order chi connectivity index (χ1) is 7.66. The van der Waals surface area contributed by atoms with Crippen LogP contribution in [0.2, 0.25) is 0 Å². The van der Waals surface area contributed by atoms with Gasteiger partial charge in [0, 0.05) is 37.9 Å². The van der Waals surface area contributed by atoms with Crippen LogP contribution in [-0.4, -0.2) is 42.1 Å². The SMILES string of the molecule is Cc1ccc(N2CCN(C(C)C)CC2)cn1. The Morgan fingerprint density at radius 3 is 2.31 bits per heavy atom. The minimum absolute atomic E-state index is 0.665. The molecule has 1 saturated heterocycles. The van der Waals surface area contributed by atoms with Gasteiger partial charge < -0.3 is 4.90 Å². The molecule has 88 valence electrons. The lowest BCUT2D eigenvalue weighted by atomic mass is 10.2. The van der Waals surface area contributed by atoms with E-state index in [1.807, 2.05) is 13.1 Å². The van der Waals surface area contributed by atoms with Crippen LogP contribution >= 0.6 is 0 Å². The molecule has 3 heteroatoms. The summed E-state index contributed by atoms with van der Waals surface area (Å²) in [4.78, 5) is 9.30. The molecule has 3 nitrogen and oxygen atoms in total. The van der Waals surface area contributed by atoms with Crippen molar-refractivity contribution in [3.63, 3.8) is 0 Å². The molecule has 1 aliphatic heterocycles. The van der Waals surface area contributed by atoms with E-state index in [9.17, 15) is 0 Å². The highest BCUT2D eigenvalue weighted by Crippen LogP contribution is 2.16. The Balaban J connectivity index is 1.96. The van der Waals surface area contributed by atoms with Crippen LogP contribution in [0.5, 0.6) is 0 Å². The summed E-state index contributed by atoms with van der Waals surface area (Å²) in [6.45, 7) is 11.1. The van der Waals surface area contributed by atoms with Gasteiger partial charge in [0.1, 0.15) is 0 Å². The van der Waals surface area contributed by atoms with Crippen LogP contribution in [0.3, 0.4) is 0 Å². The van der Waals surface area contributed by atoms with Crippen molar-refractivity contribution in [3.8, 4) is 0 Å². The quantitative estimate of drug-likeness (QED) is 0.757. The summed E-state index contributed by atoms with van der Waals surface area (Å²) in [5.41, 5.74) is 2.35. The van der Waals surface area contributed by atoms with Crippen LogP contribution in [0.1, 0.15) is 19.5 Å². The van der Waals surface area contributed by atoms with E-state index >= 15 is 0 Å². The largest absolute Gasteiger partial charge is 0.368 e. The summed E-state index contributed by atoms with van der Waals surface area (Å²) in [6.07, 6.45) is 1.99. The van der Waals surface area contributed by atoms with Gasteiger partial charge in [0.15, 0.2) is 0 Å². The van der Waals surface area contributed by atoms with Crippen molar-refractivity contribution in [2.75, 3.05) is 31.1 Å². The molecule has 0 aromatic carbocycles. The number of hydrogen-bond donors (Lipinski definition) is 0. The van der Waals surface area contributed by atoms with E-state index in [2.05, 4.69) is 40.8 Å². The zero-order chi connectivity index (χ0) is 11.5. The van der Waals surface area contributed by atoms with Gasteiger partial charge in [-0.05, 0) is 32.9 Å². The lowest BCUT2D eigenvalue weighted by Crippen LogP contribution is -2.48. The molecular weight excluding hydrogens is 198 g/mol. The molecule has 1 aromatic heterocycles. The highest BCUT2D eigenvalue weighted by molar-refractivity contribution is 5.44. The molecule has 0 amide bonds. The van der Waals surface area contributed by atoms with E-state index < -0.39 is 0 Å². The van der Waals surface area contributed by atoms with Crippen molar-refractivity contribution in [1.29, 1.82) is 0 Å². The number of nitrogens with zero attached hydrogens (tertiary/aromatic N) is 3. The zero-order valence-electron chi connectivity index (χ0n) is 10.5. The van der Waals surface area contributed by atoms with Gasteiger partial charge in [0.25, 0.3) is 0 Å². The molecule has 16 heavy (non-hydrogen) atoms. The standard InChI is InChI=1S/C13H21N3/c1-11(2)15-6-8-16(9-7-15)13-5-4-12(3)14-10-13/h4-5,10-11H,6-9H2,1-3H3. The summed E-state index contributed by atoms with van der Waals surface area (Å²) in [7, 11) is 0. The fourth-order valence-electron chi connectivity index (χ4n) is 2.14. The minimum Gasteiger partial charge on any atom is -0.368 e. The van der Waals surface area contributed by atoms with Gasteiger partial charge >= 0.3 is 0 Å². The van der Waals surface area contributed by atoms with Crippen LogP contribution in [0.25, 0.3) is 0 Å². The predicted molar refractivity (Wildman–Crippen MR) is 67.9 cm³/mol. The van der Waals surface area contributed by atoms with Crippen LogP contribution in [-0.2, 0) is 0 Å². The van der Waals surface area contributed by atoms with Crippen LogP contribution in [0.4, 0.5) is 5.69 Å². The molecule has 0 saturated carbocycles. The van der Waals surface area contributed by atoms with Crippen LogP contribution in [0, 0.1) is 6.92 Å². The molecule has 2 heterocycles. The second-order valence-electron chi connectivity index (χ2n) is 4.77. The minimum atomic E-state index is 0.665. The maximum absolute atomic E-state index is 4.35. The van der Waals surface area contributed by atoms with Gasteiger partial charge in [0.05, 0.1) is 11.9 Å². The molecule has 0 N–H and O–H groups in total. The average molecular weight is 219 g/mol. The van der Waals surface area contributed by atoms with Crippen LogP contribution < -0.4 is 4.90 Å². The molecule has 0 aliphatic carbocycles. The van der Waals surface area contributed by atoms with Crippen molar-refractivity contribution >= 4 is 5.69 Å². The number of aromatic nitrogens is 1. The normalized spacial score (nSPS) is 18.1. The van der Waals surface area contributed by atoms with E-state index in [1.165, 1.54) is 5.69 Å². The number of piperazine rings is 1. The summed E-state index contributed by atoms with van der Waals surface area (Å²) < 4.78 is 0. The Labute approximate surface area is 98.1 Å². The molecule has 0 radical (unpaired) electrons. The van der Waals surface area contributed by atoms with Crippen molar-refractivity contribution in [2.24, 2.45) is 0 Å². The molecule has 2 rings (SSSR count). The number of anilines is 1. The van der Waals surface area contributed by atoms with Gasteiger partial charge in [0.2, 0.25) is 0 Å². The first-order valence-corrected chi connectivity index (χ1v) is 6.08. The van der Waals surface area contributed by atoms with Gasteiger partial charge in [-0.15, -0.1) is 0 Å². The maximum atomic E-state index is 4.35. The van der Waals surface area contributed by atoms with Crippen molar-refractivity contribution in [3.05, 3.63) is 24.0 Å². The highest BCUT2D eigenvalue weighted by Gasteiger charge is 2.18. The van der Waals surface area contributed by atoms with E-state index in [-0.39, 0.29) is 0 Å². The topological polar surface area (TPSA) is 19.4 Å². The number of hydrogen-bond acceptors (Lipinski definition) is 3. The van der Waals surface area contributed by atoms with Gasteiger partial charge in [-0.3, -0.25) is 9.88 Å². The van der Waals surface area contributed by atoms with Gasteiger partial charge in [-0.25, -0.2) is 0 Å². The third-order valence-electron chi connectivity index (χ3n) is 3.31. The van der Waals surface area contributed by atoms with E-state index in [0.29, 0.717) is 6.04 Å². The third-order valence-corrected chi connectivity index (χ3v) is 3.31. The molecule has 1 aliphatic rings. The zero-order valence-corrected chi connectivity index (χ0v) is 10.5. The second-order valence-corrected chi connectivity index (χ2v) is 4.77. The monoisotopic (exact) mass is 219 g/mol. The van der Waals surface area contributed by atoms with Crippen molar-refractivity contribution in [1.82, 2.24) is 9.88 Å². The molecular formula is C13H21N3. The van der Waals surface area contributed by atoms with Gasteiger partial charge in [-0.1, -0.05) is 0 Å². The summed E-state index contributed by atoms with van der Waals surface area (Å²) in [5, 5.41) is 0. The number of aryl methyl sites for hydroxylation is 1. The Hall–Kier alpha value is -1.09. The number of pyridine rings is 1. The van der Waals surface area contributed by atoms with Crippen molar-refractivity contribution in [2.45, 2.75) is 26.8 Å². The molecule has 0 atom stereocenters. The Morgan fingerprint density at radius 1 is 1.12 bits per heavy atom. The first-order valence-electron chi connectivity index (χ1n) is 6.08. The molecule has 0 unspecified atom stereocenters. The fraction of sp³-hybridized carbons (Fsp3) is 0.615. The second kappa shape index (κ2) is 4.83. The molecule has 1 fully saturated rings. The molecule has 0 bridgehead atoms. The summed E-state index contributed by atoms with van der Waals surface area (Å²) in [5.74, 6) is 0. The molecule has 0 spiro atoms. The van der Waals surface area contributed by atoms with Crippen molar-refractivity contribution < 1.29 is 0 Å². The lowest BCUT2D eigenvalue weighted by Gasteiger charge is -2.37. The van der Waals surface area contributed by atoms with E-state index in [4.69, 9.17) is 0 Å². The maximum Gasteiger partial charge on any atom is 0.0553 e.